The summed E-state index contributed by atoms with van der Waals surface area (Å²) in [6.07, 6.45) is 1.75. The third-order valence-corrected chi connectivity index (χ3v) is 7.39. The lowest BCUT2D eigenvalue weighted by atomic mass is 10.1. The number of nitrogens with zero attached hydrogens (tertiary/aromatic N) is 2. The number of halogens is 2. The number of nitrogens with one attached hydrogen (secondary N) is 1. The second-order valence-electron chi connectivity index (χ2n) is 8.37. The molecule has 0 bridgehead atoms. The van der Waals surface area contributed by atoms with Gasteiger partial charge in [-0.3, -0.25) is 13.9 Å². The maximum atomic E-state index is 13.5. The van der Waals surface area contributed by atoms with Crippen molar-refractivity contribution >= 4 is 50.7 Å². The van der Waals surface area contributed by atoms with Crippen molar-refractivity contribution in [1.82, 2.24) is 10.2 Å². The number of carbonyl (C=O) groups excluding carboxylic acids is 2. The Morgan fingerprint density at radius 3 is 2.18 bits per heavy atom. The summed E-state index contributed by atoms with van der Waals surface area (Å²) in [7, 11) is -3.84. The largest absolute Gasteiger partial charge is 0.352 e. The summed E-state index contributed by atoms with van der Waals surface area (Å²) in [6.45, 7) is 7.07. The Kier molecular flexibility index (Phi) is 9.79. The van der Waals surface area contributed by atoms with Crippen molar-refractivity contribution in [3.63, 3.8) is 0 Å². The molecule has 1 N–H and O–H groups in total. The van der Waals surface area contributed by atoms with Gasteiger partial charge in [0.05, 0.1) is 22.0 Å². The summed E-state index contributed by atoms with van der Waals surface area (Å²) >= 11 is 12.0. The molecule has 0 unspecified atom stereocenters. The van der Waals surface area contributed by atoms with E-state index in [1.165, 1.54) is 23.1 Å². The Balaban J connectivity index is 2.39. The van der Waals surface area contributed by atoms with Crippen molar-refractivity contribution in [1.29, 1.82) is 0 Å². The van der Waals surface area contributed by atoms with E-state index in [0.717, 1.165) is 28.1 Å². The number of rotatable bonds is 10. The fraction of sp³-hybridized carbons (Fsp3) is 0.417. The van der Waals surface area contributed by atoms with E-state index in [0.29, 0.717) is 0 Å². The van der Waals surface area contributed by atoms with Crippen LogP contribution in [0.3, 0.4) is 0 Å². The van der Waals surface area contributed by atoms with Crippen molar-refractivity contribution < 1.29 is 18.0 Å². The third kappa shape index (κ3) is 7.61. The highest BCUT2D eigenvalue weighted by atomic mass is 35.5. The zero-order valence-electron chi connectivity index (χ0n) is 20.0. The van der Waals surface area contributed by atoms with Crippen LogP contribution in [0.2, 0.25) is 10.0 Å². The molecule has 0 aromatic heterocycles. The summed E-state index contributed by atoms with van der Waals surface area (Å²) < 4.78 is 26.1. The molecule has 2 aromatic rings. The molecule has 0 heterocycles. The molecule has 2 aromatic carbocycles. The monoisotopic (exact) mass is 527 g/mol. The van der Waals surface area contributed by atoms with Gasteiger partial charge in [-0.15, -0.1) is 0 Å². The van der Waals surface area contributed by atoms with Crippen LogP contribution in [0.5, 0.6) is 0 Å². The van der Waals surface area contributed by atoms with Crippen LogP contribution in [-0.2, 0) is 26.2 Å². The lowest BCUT2D eigenvalue weighted by Crippen LogP contribution is -2.52. The molecule has 0 radical (unpaired) electrons. The lowest BCUT2D eigenvalue weighted by Gasteiger charge is -2.32. The van der Waals surface area contributed by atoms with Crippen molar-refractivity contribution in [3.8, 4) is 0 Å². The van der Waals surface area contributed by atoms with Crippen LogP contribution in [0, 0.1) is 6.92 Å². The molecule has 0 aliphatic rings. The minimum Gasteiger partial charge on any atom is -0.352 e. The van der Waals surface area contributed by atoms with Crippen LogP contribution in [0.1, 0.15) is 38.3 Å². The number of benzene rings is 2. The predicted molar refractivity (Wildman–Crippen MR) is 138 cm³/mol. The van der Waals surface area contributed by atoms with E-state index >= 15 is 0 Å². The zero-order chi connectivity index (χ0) is 25.6. The number of sulfonamides is 1. The standard InChI is InChI=1S/C24H31Cl2N3O4S/c1-6-17(3)27-24(31)18(4)28(14-19-9-7-16(2)8-10-19)23(30)15-29(34(5,32)33)20-11-12-21(25)22(26)13-20/h7-13,17-18H,6,14-15H2,1-5H3,(H,27,31)/t17-,18-/m0/s1. The average Bonchev–Trinajstić information content (AvgIpc) is 2.77. The first-order valence-corrected chi connectivity index (χ1v) is 13.5. The van der Waals surface area contributed by atoms with Gasteiger partial charge in [0.1, 0.15) is 12.6 Å². The molecule has 0 saturated heterocycles. The van der Waals surface area contributed by atoms with Gasteiger partial charge in [-0.2, -0.15) is 0 Å². The zero-order valence-corrected chi connectivity index (χ0v) is 22.3. The lowest BCUT2D eigenvalue weighted by molar-refractivity contribution is -0.139. The molecule has 2 rings (SSSR count). The second-order valence-corrected chi connectivity index (χ2v) is 11.1. The summed E-state index contributed by atoms with van der Waals surface area (Å²) in [5, 5.41) is 3.32. The van der Waals surface area contributed by atoms with Gasteiger partial charge >= 0.3 is 0 Å². The summed E-state index contributed by atoms with van der Waals surface area (Å²) in [4.78, 5) is 27.7. The minimum atomic E-state index is -3.84. The van der Waals surface area contributed by atoms with E-state index in [-0.39, 0.29) is 34.2 Å². The van der Waals surface area contributed by atoms with E-state index in [1.807, 2.05) is 45.0 Å². The minimum absolute atomic E-state index is 0.0602. The van der Waals surface area contributed by atoms with Crippen LogP contribution in [-0.4, -0.2) is 50.0 Å². The normalized spacial score (nSPS) is 13.1. The van der Waals surface area contributed by atoms with Gasteiger partial charge < -0.3 is 10.2 Å². The number of amides is 2. The van der Waals surface area contributed by atoms with E-state index < -0.39 is 28.5 Å². The molecule has 7 nitrogen and oxygen atoms in total. The highest BCUT2D eigenvalue weighted by molar-refractivity contribution is 7.92. The third-order valence-electron chi connectivity index (χ3n) is 5.51. The van der Waals surface area contributed by atoms with Gasteiger partial charge in [-0.05, 0) is 51.0 Å². The van der Waals surface area contributed by atoms with Gasteiger partial charge in [0, 0.05) is 12.6 Å². The Bertz CT molecular complexity index is 1120. The summed E-state index contributed by atoms with van der Waals surface area (Å²) in [5.41, 5.74) is 2.09. The maximum absolute atomic E-state index is 13.5. The Morgan fingerprint density at radius 1 is 1.03 bits per heavy atom. The van der Waals surface area contributed by atoms with Crippen LogP contribution in [0.15, 0.2) is 42.5 Å². The van der Waals surface area contributed by atoms with Crippen LogP contribution >= 0.6 is 23.2 Å². The van der Waals surface area contributed by atoms with E-state index in [2.05, 4.69) is 5.32 Å². The van der Waals surface area contributed by atoms with Gasteiger partial charge in [0.25, 0.3) is 0 Å². The Hall–Kier alpha value is -2.29. The molecule has 0 saturated carbocycles. The molecule has 34 heavy (non-hydrogen) atoms. The summed E-state index contributed by atoms with van der Waals surface area (Å²) in [6, 6.07) is 11.0. The molecule has 10 heteroatoms. The first-order chi connectivity index (χ1) is 15.8. The second kappa shape index (κ2) is 11.9. The SMILES string of the molecule is CC[C@H](C)NC(=O)[C@H](C)N(Cc1ccc(C)cc1)C(=O)CN(c1ccc(Cl)c(Cl)c1)S(C)(=O)=O. The number of hydrogen-bond acceptors (Lipinski definition) is 4. The highest BCUT2D eigenvalue weighted by Gasteiger charge is 2.30. The molecule has 0 spiro atoms. The number of anilines is 1. The van der Waals surface area contributed by atoms with Crippen molar-refractivity contribution in [2.75, 3.05) is 17.1 Å². The first-order valence-electron chi connectivity index (χ1n) is 10.9. The smallest absolute Gasteiger partial charge is 0.244 e. The van der Waals surface area contributed by atoms with Gasteiger partial charge in [-0.25, -0.2) is 8.42 Å². The number of carbonyl (C=O) groups is 2. The molecular weight excluding hydrogens is 497 g/mol. The van der Waals surface area contributed by atoms with E-state index in [4.69, 9.17) is 23.2 Å². The van der Waals surface area contributed by atoms with Gasteiger partial charge in [0.2, 0.25) is 21.8 Å². The van der Waals surface area contributed by atoms with Crippen LogP contribution in [0.4, 0.5) is 5.69 Å². The first kappa shape index (κ1) is 28.0. The molecule has 2 amide bonds. The van der Waals surface area contributed by atoms with Gasteiger partial charge in [-0.1, -0.05) is 60.0 Å². The van der Waals surface area contributed by atoms with E-state index in [9.17, 15) is 18.0 Å². The Morgan fingerprint density at radius 2 is 1.65 bits per heavy atom. The molecule has 0 aliphatic carbocycles. The van der Waals surface area contributed by atoms with Crippen molar-refractivity contribution in [2.45, 2.75) is 52.7 Å². The van der Waals surface area contributed by atoms with Crippen LogP contribution < -0.4 is 9.62 Å². The fourth-order valence-electron chi connectivity index (χ4n) is 3.19. The number of hydrogen-bond donors (Lipinski definition) is 1. The molecular formula is C24H31Cl2N3O4S. The molecule has 0 fully saturated rings. The van der Waals surface area contributed by atoms with Gasteiger partial charge in [0.15, 0.2) is 0 Å². The average molecular weight is 529 g/mol. The topological polar surface area (TPSA) is 86.8 Å². The number of aryl methyl sites for hydroxylation is 1. The molecule has 186 valence electrons. The van der Waals surface area contributed by atoms with E-state index in [1.54, 1.807) is 6.92 Å². The quantitative estimate of drug-likeness (QED) is 0.495. The molecule has 0 aliphatic heterocycles. The maximum Gasteiger partial charge on any atom is 0.244 e. The van der Waals surface area contributed by atoms with Crippen molar-refractivity contribution in [3.05, 3.63) is 63.6 Å². The fourth-order valence-corrected chi connectivity index (χ4v) is 4.33. The highest BCUT2D eigenvalue weighted by Crippen LogP contribution is 2.28. The summed E-state index contributed by atoms with van der Waals surface area (Å²) in [5.74, 6) is -0.834. The predicted octanol–water partition coefficient (Wildman–Crippen LogP) is 4.40. The Labute approximate surface area is 212 Å². The molecule has 2 atom stereocenters. The van der Waals surface area contributed by atoms with Crippen molar-refractivity contribution in [2.24, 2.45) is 0 Å². The van der Waals surface area contributed by atoms with Crippen LogP contribution in [0.25, 0.3) is 0 Å².